The average Bonchev–Trinajstić information content (AvgIpc) is 2.63. The van der Waals surface area contributed by atoms with E-state index in [4.69, 9.17) is 0 Å². The van der Waals surface area contributed by atoms with Gasteiger partial charge in [0.1, 0.15) is 0 Å². The number of aromatic amines is 1. The lowest BCUT2D eigenvalue weighted by Gasteiger charge is -2.24. The first-order valence-electron chi connectivity index (χ1n) is 5.71. The summed E-state index contributed by atoms with van der Waals surface area (Å²) in [5, 5.41) is 1.30. The Morgan fingerprint density at radius 1 is 1.20 bits per heavy atom. The molecule has 0 fully saturated rings. The third-order valence-electron chi connectivity index (χ3n) is 3.21. The van der Waals surface area contributed by atoms with Crippen molar-refractivity contribution in [2.24, 2.45) is 0 Å². The molecule has 1 N–H and O–H groups in total. The highest BCUT2D eigenvalue weighted by Gasteiger charge is 2.19. The molecular formula is C14H19N. The van der Waals surface area contributed by atoms with Crippen LogP contribution in [0, 0.1) is 0 Å². The topological polar surface area (TPSA) is 15.8 Å². The maximum absolute atomic E-state index is 3.27. The molecule has 1 aromatic heterocycles. The Bertz CT molecular complexity index is 451. The Labute approximate surface area is 91.5 Å². The summed E-state index contributed by atoms with van der Waals surface area (Å²) in [6, 6.07) is 8.86. The summed E-state index contributed by atoms with van der Waals surface area (Å²) in [5.41, 5.74) is 2.96. The van der Waals surface area contributed by atoms with Gasteiger partial charge in [0.15, 0.2) is 0 Å². The number of benzene rings is 1. The second-order valence-corrected chi connectivity index (χ2v) is 4.91. The molecule has 0 aliphatic carbocycles. The van der Waals surface area contributed by atoms with Gasteiger partial charge < -0.3 is 4.98 Å². The van der Waals surface area contributed by atoms with Gasteiger partial charge in [0, 0.05) is 11.7 Å². The predicted molar refractivity (Wildman–Crippen MR) is 66.2 cm³/mol. The second-order valence-electron chi connectivity index (χ2n) is 4.91. The molecule has 0 spiro atoms. The van der Waals surface area contributed by atoms with E-state index in [1.54, 1.807) is 0 Å². The molecule has 2 aromatic rings. The molecule has 1 aromatic carbocycles. The third kappa shape index (κ3) is 1.92. The number of hydrogen-bond acceptors (Lipinski definition) is 0. The summed E-state index contributed by atoms with van der Waals surface area (Å²) in [4.78, 5) is 3.27. The summed E-state index contributed by atoms with van der Waals surface area (Å²) in [7, 11) is 0. The first-order valence-corrected chi connectivity index (χ1v) is 5.71. The minimum atomic E-state index is 0.286. The fourth-order valence-corrected chi connectivity index (χ4v) is 2.24. The zero-order valence-corrected chi connectivity index (χ0v) is 9.80. The maximum atomic E-state index is 3.27. The summed E-state index contributed by atoms with van der Waals surface area (Å²) in [5.74, 6) is 0. The molecule has 0 atom stereocenters. The van der Waals surface area contributed by atoms with Crippen LogP contribution in [-0.4, -0.2) is 4.98 Å². The number of aromatic nitrogens is 1. The molecule has 15 heavy (non-hydrogen) atoms. The van der Waals surface area contributed by atoms with E-state index in [0.29, 0.717) is 0 Å². The molecule has 0 aliphatic heterocycles. The molecule has 0 amide bonds. The number of nitrogens with one attached hydrogen (secondary N) is 1. The van der Waals surface area contributed by atoms with Crippen molar-refractivity contribution in [2.45, 2.75) is 39.0 Å². The van der Waals surface area contributed by atoms with Crippen LogP contribution in [0.4, 0.5) is 0 Å². The lowest BCUT2D eigenvalue weighted by Crippen LogP contribution is -2.16. The smallest absolute Gasteiger partial charge is 0.0456 e. The third-order valence-corrected chi connectivity index (χ3v) is 3.21. The van der Waals surface area contributed by atoms with E-state index in [-0.39, 0.29) is 5.41 Å². The van der Waals surface area contributed by atoms with E-state index in [2.05, 4.69) is 50.0 Å². The molecule has 1 heterocycles. The van der Waals surface area contributed by atoms with Gasteiger partial charge in [-0.15, -0.1) is 0 Å². The largest absolute Gasteiger partial charge is 0.361 e. The fraction of sp³-hybridized carbons (Fsp3) is 0.429. The lowest BCUT2D eigenvalue weighted by atomic mass is 9.80. The summed E-state index contributed by atoms with van der Waals surface area (Å²) >= 11 is 0. The van der Waals surface area contributed by atoms with Crippen LogP contribution in [0.25, 0.3) is 10.9 Å². The van der Waals surface area contributed by atoms with Crippen LogP contribution < -0.4 is 0 Å². The van der Waals surface area contributed by atoms with Gasteiger partial charge in [-0.25, -0.2) is 0 Å². The van der Waals surface area contributed by atoms with Crippen molar-refractivity contribution in [1.82, 2.24) is 4.98 Å². The molecule has 0 saturated carbocycles. The molecule has 80 valence electrons. The van der Waals surface area contributed by atoms with Crippen molar-refractivity contribution in [3.05, 3.63) is 36.0 Å². The Morgan fingerprint density at radius 2 is 2.00 bits per heavy atom. The van der Waals surface area contributed by atoms with Gasteiger partial charge in [0.2, 0.25) is 0 Å². The molecule has 2 rings (SSSR count). The fourth-order valence-electron chi connectivity index (χ4n) is 2.24. The number of H-pyrrole nitrogens is 1. The van der Waals surface area contributed by atoms with Crippen LogP contribution in [0.1, 0.15) is 39.2 Å². The molecule has 1 heteroatoms. The normalized spacial score (nSPS) is 12.2. The average molecular weight is 201 g/mol. The standard InChI is InChI=1S/C14H19N/c1-4-8-14(2,3)12-6-5-11-7-9-15-13(11)10-12/h5-7,9-10,15H,4,8H2,1-3H3. The highest BCUT2D eigenvalue weighted by Crippen LogP contribution is 2.30. The van der Waals surface area contributed by atoms with Crippen molar-refractivity contribution < 1.29 is 0 Å². The van der Waals surface area contributed by atoms with Crippen LogP contribution in [0.2, 0.25) is 0 Å². The van der Waals surface area contributed by atoms with E-state index >= 15 is 0 Å². The van der Waals surface area contributed by atoms with E-state index in [1.165, 1.54) is 29.3 Å². The first kappa shape index (κ1) is 10.3. The zero-order valence-electron chi connectivity index (χ0n) is 9.80. The molecule has 0 saturated heterocycles. The Hall–Kier alpha value is -1.24. The van der Waals surface area contributed by atoms with Crippen LogP contribution in [0.3, 0.4) is 0 Å². The molecule has 0 aliphatic rings. The van der Waals surface area contributed by atoms with Gasteiger partial charge in [-0.1, -0.05) is 39.3 Å². The number of hydrogen-bond donors (Lipinski definition) is 1. The lowest BCUT2D eigenvalue weighted by molar-refractivity contribution is 0.473. The second kappa shape index (κ2) is 3.73. The molecule has 0 unspecified atom stereocenters. The van der Waals surface area contributed by atoms with E-state index in [9.17, 15) is 0 Å². The highest BCUT2D eigenvalue weighted by atomic mass is 14.7. The number of fused-ring (bicyclic) bond motifs is 1. The minimum Gasteiger partial charge on any atom is -0.361 e. The Morgan fingerprint density at radius 3 is 2.73 bits per heavy atom. The Kier molecular flexibility index (Phi) is 2.56. The SMILES string of the molecule is CCCC(C)(C)c1ccc2cc[nH]c2c1. The van der Waals surface area contributed by atoms with Gasteiger partial charge in [0.25, 0.3) is 0 Å². The van der Waals surface area contributed by atoms with Gasteiger partial charge in [0.05, 0.1) is 0 Å². The van der Waals surface area contributed by atoms with Crippen molar-refractivity contribution in [2.75, 3.05) is 0 Å². The van der Waals surface area contributed by atoms with Crippen LogP contribution in [0.15, 0.2) is 30.5 Å². The number of rotatable bonds is 3. The summed E-state index contributed by atoms with van der Waals surface area (Å²) in [6.45, 7) is 6.89. The molecule has 0 bridgehead atoms. The first-order chi connectivity index (χ1) is 7.13. The van der Waals surface area contributed by atoms with E-state index in [0.717, 1.165) is 0 Å². The van der Waals surface area contributed by atoms with Gasteiger partial charge >= 0.3 is 0 Å². The maximum Gasteiger partial charge on any atom is 0.0456 e. The quantitative estimate of drug-likeness (QED) is 0.764. The monoisotopic (exact) mass is 201 g/mol. The molecule has 0 radical (unpaired) electrons. The van der Waals surface area contributed by atoms with Crippen LogP contribution >= 0.6 is 0 Å². The van der Waals surface area contributed by atoms with E-state index < -0.39 is 0 Å². The van der Waals surface area contributed by atoms with Crippen molar-refractivity contribution >= 4 is 10.9 Å². The van der Waals surface area contributed by atoms with Crippen LogP contribution in [-0.2, 0) is 5.41 Å². The Balaban J connectivity index is 2.42. The minimum absolute atomic E-state index is 0.286. The highest BCUT2D eigenvalue weighted by molar-refractivity contribution is 5.80. The summed E-state index contributed by atoms with van der Waals surface area (Å²) in [6.07, 6.45) is 4.47. The van der Waals surface area contributed by atoms with Gasteiger partial charge in [-0.05, 0) is 34.9 Å². The predicted octanol–water partition coefficient (Wildman–Crippen LogP) is 4.25. The molecular weight excluding hydrogens is 182 g/mol. The zero-order chi connectivity index (χ0) is 10.9. The van der Waals surface area contributed by atoms with Crippen molar-refractivity contribution in [1.29, 1.82) is 0 Å². The van der Waals surface area contributed by atoms with Crippen molar-refractivity contribution in [3.63, 3.8) is 0 Å². The summed E-state index contributed by atoms with van der Waals surface area (Å²) < 4.78 is 0. The van der Waals surface area contributed by atoms with Crippen LogP contribution in [0.5, 0.6) is 0 Å². The molecule has 1 nitrogen and oxygen atoms in total. The van der Waals surface area contributed by atoms with Gasteiger partial charge in [-0.2, -0.15) is 0 Å². The van der Waals surface area contributed by atoms with Gasteiger partial charge in [-0.3, -0.25) is 0 Å². The van der Waals surface area contributed by atoms with Crippen molar-refractivity contribution in [3.8, 4) is 0 Å². The van der Waals surface area contributed by atoms with E-state index in [1.807, 2.05) is 6.20 Å².